The standard InChI is InChI=1S/C46H46F2N12O9/c47-41(48)40-35(52-42(62)36-26-69-44(53-36)29-11-12-50-38(19-29)51-22-28-1-2-28)24-59(56-40)31-5-3-27(4-6-31)21-49-13-15-66-17-18-67-16-14-58-23-30(55-57-58)25-68-32-7-8-33-34(20-32)46(65)60(45(33)64)37-9-10-39(61)54-43(37)63/h3-8,11-12,19-20,23-24,26,28,37,41,49H,1-2,9-10,13-18,21-22,25H2,(H,50,51)(H,52,62)(H,54,61,63). The summed E-state index contributed by atoms with van der Waals surface area (Å²) in [4.78, 5) is 72.5. The second kappa shape index (κ2) is 21.0. The maximum atomic E-state index is 14.0. The molecule has 6 aromatic rings. The molecule has 21 nitrogen and oxygen atoms in total. The number of carbonyl (C=O) groups excluding carboxylic acids is 5. The Labute approximate surface area is 391 Å². The van der Waals surface area contributed by atoms with E-state index in [0.717, 1.165) is 17.0 Å². The molecule has 1 unspecified atom stereocenters. The molecular formula is C46H46F2N12O9. The lowest BCUT2D eigenvalue weighted by molar-refractivity contribution is -0.136. The van der Waals surface area contributed by atoms with Crippen molar-refractivity contribution in [2.24, 2.45) is 5.92 Å². The molecule has 9 rings (SSSR count). The Morgan fingerprint density at radius 1 is 0.928 bits per heavy atom. The number of anilines is 2. The van der Waals surface area contributed by atoms with Gasteiger partial charge in [0.15, 0.2) is 11.4 Å². The highest BCUT2D eigenvalue weighted by Gasteiger charge is 2.44. The highest BCUT2D eigenvalue weighted by atomic mass is 19.3. The molecule has 23 heteroatoms. The largest absolute Gasteiger partial charge is 0.487 e. The molecule has 2 aromatic carbocycles. The van der Waals surface area contributed by atoms with E-state index in [2.05, 4.69) is 46.6 Å². The second-order valence-corrected chi connectivity index (χ2v) is 16.4. The van der Waals surface area contributed by atoms with Gasteiger partial charge in [-0.15, -0.1) is 5.10 Å². The number of nitrogens with one attached hydrogen (secondary N) is 4. The molecule has 1 atom stereocenters. The molecular weight excluding hydrogens is 903 g/mol. The monoisotopic (exact) mass is 948 g/mol. The number of oxazole rings is 1. The fraction of sp³-hybridized carbons (Fsp3) is 0.348. The van der Waals surface area contributed by atoms with Crippen LogP contribution >= 0.6 is 0 Å². The van der Waals surface area contributed by atoms with Crippen LogP contribution in [0.1, 0.15) is 80.3 Å². The summed E-state index contributed by atoms with van der Waals surface area (Å²) in [5, 5.41) is 23.5. The van der Waals surface area contributed by atoms with Crippen molar-refractivity contribution in [3.8, 4) is 22.9 Å². The van der Waals surface area contributed by atoms with E-state index >= 15 is 0 Å². The van der Waals surface area contributed by atoms with Crippen LogP contribution < -0.4 is 26.0 Å². The summed E-state index contributed by atoms with van der Waals surface area (Å²) < 4.78 is 53.7. The summed E-state index contributed by atoms with van der Waals surface area (Å²) in [6.07, 6.45) is 5.36. The van der Waals surface area contributed by atoms with E-state index < -0.39 is 47.7 Å². The van der Waals surface area contributed by atoms with Crippen molar-refractivity contribution >= 4 is 41.0 Å². The van der Waals surface area contributed by atoms with Crippen molar-refractivity contribution in [1.82, 2.24) is 50.3 Å². The Morgan fingerprint density at radius 3 is 2.54 bits per heavy atom. The normalized spacial score (nSPS) is 15.8. The highest BCUT2D eigenvalue weighted by Crippen LogP contribution is 2.32. The lowest BCUT2D eigenvalue weighted by Gasteiger charge is -2.27. The molecule has 4 aromatic heterocycles. The summed E-state index contributed by atoms with van der Waals surface area (Å²) in [6.45, 7) is 3.96. The summed E-state index contributed by atoms with van der Waals surface area (Å²) in [5.74, 6) is -1.23. The average molecular weight is 949 g/mol. The van der Waals surface area contributed by atoms with E-state index in [1.807, 2.05) is 12.1 Å². The first-order valence-corrected chi connectivity index (χ1v) is 22.2. The molecule has 0 radical (unpaired) electrons. The van der Waals surface area contributed by atoms with E-state index in [-0.39, 0.29) is 47.8 Å². The first-order valence-electron chi connectivity index (χ1n) is 22.2. The Balaban J connectivity index is 0.646. The predicted molar refractivity (Wildman–Crippen MR) is 238 cm³/mol. The number of nitrogens with zero attached hydrogens (tertiary/aromatic N) is 8. The number of pyridine rings is 1. The molecule has 358 valence electrons. The van der Waals surface area contributed by atoms with Gasteiger partial charge in [0.1, 0.15) is 36.2 Å². The number of aromatic nitrogens is 7. The third-order valence-corrected chi connectivity index (χ3v) is 11.4. The molecule has 5 amide bonds. The summed E-state index contributed by atoms with van der Waals surface area (Å²) in [6, 6.07) is 14.1. The molecule has 0 bridgehead atoms. The van der Waals surface area contributed by atoms with Gasteiger partial charge in [0, 0.05) is 37.8 Å². The topological polar surface area (TPSA) is 252 Å². The van der Waals surface area contributed by atoms with Gasteiger partial charge in [-0.25, -0.2) is 28.1 Å². The maximum absolute atomic E-state index is 14.0. The number of benzene rings is 2. The Bertz CT molecular complexity index is 2840. The molecule has 2 aliphatic heterocycles. The quantitative estimate of drug-likeness (QED) is 0.0515. The molecule has 1 saturated carbocycles. The number of rotatable bonds is 23. The van der Waals surface area contributed by atoms with Crippen LogP contribution in [0.3, 0.4) is 0 Å². The second-order valence-electron chi connectivity index (χ2n) is 16.4. The van der Waals surface area contributed by atoms with Crippen LogP contribution in [0.15, 0.2) is 83.9 Å². The summed E-state index contributed by atoms with van der Waals surface area (Å²) >= 11 is 0. The third kappa shape index (κ3) is 11.3. The van der Waals surface area contributed by atoms with Crippen molar-refractivity contribution in [1.29, 1.82) is 0 Å². The fourth-order valence-corrected chi connectivity index (χ4v) is 7.54. The molecule has 1 saturated heterocycles. The van der Waals surface area contributed by atoms with Crippen LogP contribution in [0.5, 0.6) is 5.75 Å². The smallest absolute Gasteiger partial charge is 0.284 e. The average Bonchev–Trinajstić information content (AvgIpc) is 3.63. The Kier molecular flexibility index (Phi) is 14.1. The van der Waals surface area contributed by atoms with Gasteiger partial charge < -0.3 is 34.6 Å². The fourth-order valence-electron chi connectivity index (χ4n) is 7.54. The highest BCUT2D eigenvalue weighted by molar-refractivity contribution is 6.23. The van der Waals surface area contributed by atoms with Crippen molar-refractivity contribution in [3.05, 3.63) is 113 Å². The zero-order valence-corrected chi connectivity index (χ0v) is 36.9. The van der Waals surface area contributed by atoms with Gasteiger partial charge in [-0.2, -0.15) is 5.10 Å². The maximum Gasteiger partial charge on any atom is 0.284 e. The van der Waals surface area contributed by atoms with Gasteiger partial charge in [-0.05, 0) is 73.2 Å². The summed E-state index contributed by atoms with van der Waals surface area (Å²) in [7, 11) is 0. The number of amides is 5. The third-order valence-electron chi connectivity index (χ3n) is 11.4. The van der Waals surface area contributed by atoms with E-state index in [1.54, 1.807) is 47.4 Å². The van der Waals surface area contributed by atoms with Gasteiger partial charge in [0.05, 0.1) is 67.9 Å². The SMILES string of the molecule is O=C1CCC(N2C(=O)c3ccc(OCc4cn(CCOCCOCCNCc5ccc(-n6cc(NC(=O)c7coc(-c8ccnc(NCC9CC9)c8)n7)c(C(F)F)n6)cc5)nn4)cc3C2=O)C(=O)N1. The van der Waals surface area contributed by atoms with Crippen LogP contribution in [0.2, 0.25) is 0 Å². The van der Waals surface area contributed by atoms with Gasteiger partial charge in [-0.3, -0.25) is 34.2 Å². The van der Waals surface area contributed by atoms with Gasteiger partial charge in [-0.1, -0.05) is 17.3 Å². The van der Waals surface area contributed by atoms with Crippen LogP contribution in [-0.4, -0.2) is 115 Å². The van der Waals surface area contributed by atoms with Crippen LogP contribution in [0.25, 0.3) is 17.1 Å². The van der Waals surface area contributed by atoms with E-state index in [9.17, 15) is 32.8 Å². The lowest BCUT2D eigenvalue weighted by atomic mass is 10.0. The van der Waals surface area contributed by atoms with Gasteiger partial charge >= 0.3 is 0 Å². The number of imide groups is 2. The summed E-state index contributed by atoms with van der Waals surface area (Å²) in [5.41, 5.74) is 2.05. The Morgan fingerprint density at radius 2 is 1.74 bits per heavy atom. The van der Waals surface area contributed by atoms with E-state index in [0.29, 0.717) is 80.5 Å². The zero-order valence-electron chi connectivity index (χ0n) is 36.9. The number of hydrogen-bond donors (Lipinski definition) is 4. The predicted octanol–water partition coefficient (Wildman–Crippen LogP) is 4.33. The Hall–Kier alpha value is -7.76. The molecule has 2 fully saturated rings. The number of ether oxygens (including phenoxy) is 3. The van der Waals surface area contributed by atoms with Gasteiger partial charge in [0.2, 0.25) is 17.7 Å². The number of hydrogen-bond acceptors (Lipinski definition) is 16. The van der Waals surface area contributed by atoms with Crippen molar-refractivity contribution < 1.29 is 51.4 Å². The number of piperidine rings is 1. The zero-order chi connectivity index (χ0) is 47.9. The van der Waals surface area contributed by atoms with E-state index in [1.165, 1.54) is 42.1 Å². The van der Waals surface area contributed by atoms with E-state index in [4.69, 9.17) is 18.6 Å². The minimum atomic E-state index is -2.95. The van der Waals surface area contributed by atoms with Crippen LogP contribution in [0, 0.1) is 5.92 Å². The molecule has 3 aliphatic rings. The first kappa shape index (κ1) is 46.4. The van der Waals surface area contributed by atoms with Crippen molar-refractivity contribution in [2.45, 2.75) is 57.8 Å². The molecule has 4 N–H and O–H groups in total. The minimum Gasteiger partial charge on any atom is -0.487 e. The number of fused-ring (bicyclic) bond motifs is 1. The number of alkyl halides is 2. The number of halogens is 2. The van der Waals surface area contributed by atoms with Gasteiger partial charge in [0.25, 0.3) is 24.1 Å². The lowest BCUT2D eigenvalue weighted by Crippen LogP contribution is -2.54. The van der Waals surface area contributed by atoms with Crippen molar-refractivity contribution in [2.75, 3.05) is 50.2 Å². The number of carbonyl (C=O) groups is 5. The molecule has 1 aliphatic carbocycles. The minimum absolute atomic E-state index is 0.0345. The van der Waals surface area contributed by atoms with Crippen molar-refractivity contribution in [3.63, 3.8) is 0 Å². The molecule has 6 heterocycles. The molecule has 69 heavy (non-hydrogen) atoms. The first-order chi connectivity index (χ1) is 33.6. The van der Waals surface area contributed by atoms with Crippen LogP contribution in [-0.2, 0) is 38.8 Å². The molecule has 0 spiro atoms. The van der Waals surface area contributed by atoms with Crippen LogP contribution in [0.4, 0.5) is 20.3 Å².